The molecule has 2 N–H and O–H groups in total. The first-order valence-corrected chi connectivity index (χ1v) is 4.37. The predicted octanol–water partition coefficient (Wildman–Crippen LogP) is 0.261. The highest BCUT2D eigenvalue weighted by Crippen LogP contribution is 2.01. The Labute approximate surface area is 74.1 Å². The molecule has 0 aliphatic heterocycles. The van der Waals surface area contributed by atoms with Crippen molar-refractivity contribution in [3.63, 3.8) is 0 Å². The highest BCUT2D eigenvalue weighted by atomic mass is 79.9. The number of alkyl halides is 1. The van der Waals surface area contributed by atoms with Crippen molar-refractivity contribution in [2.24, 2.45) is 0 Å². The SMILES string of the molecule is OB(O)c1ccccc1CBr. The Balaban J connectivity index is 3.02. The van der Waals surface area contributed by atoms with E-state index >= 15 is 0 Å². The highest BCUT2D eigenvalue weighted by molar-refractivity contribution is 9.08. The number of halogens is 1. The maximum absolute atomic E-state index is 8.87. The Bertz CT molecular complexity index is 240. The van der Waals surface area contributed by atoms with Crippen LogP contribution in [0.3, 0.4) is 0 Å². The van der Waals surface area contributed by atoms with Crippen molar-refractivity contribution >= 4 is 28.5 Å². The molecular weight excluding hydrogens is 207 g/mol. The summed E-state index contributed by atoms with van der Waals surface area (Å²) < 4.78 is 0. The fourth-order valence-corrected chi connectivity index (χ4v) is 1.42. The summed E-state index contributed by atoms with van der Waals surface area (Å²) >= 11 is 3.25. The quantitative estimate of drug-likeness (QED) is 0.548. The molecule has 11 heavy (non-hydrogen) atoms. The van der Waals surface area contributed by atoms with Crippen LogP contribution in [-0.4, -0.2) is 17.2 Å². The Morgan fingerprint density at radius 3 is 2.36 bits per heavy atom. The minimum atomic E-state index is -1.37. The molecule has 1 rings (SSSR count). The molecule has 0 aliphatic carbocycles. The number of hydrogen-bond acceptors (Lipinski definition) is 2. The van der Waals surface area contributed by atoms with Crippen molar-refractivity contribution in [3.05, 3.63) is 29.8 Å². The largest absolute Gasteiger partial charge is 0.488 e. The third-order valence-corrected chi connectivity index (χ3v) is 2.08. The fourth-order valence-electron chi connectivity index (χ4n) is 0.908. The average Bonchev–Trinajstić information content (AvgIpc) is 2.04. The third-order valence-electron chi connectivity index (χ3n) is 1.48. The molecule has 58 valence electrons. The van der Waals surface area contributed by atoms with E-state index in [0.29, 0.717) is 10.8 Å². The highest BCUT2D eigenvalue weighted by Gasteiger charge is 2.13. The van der Waals surface area contributed by atoms with E-state index < -0.39 is 7.12 Å². The molecule has 0 bridgehead atoms. The van der Waals surface area contributed by atoms with Gasteiger partial charge in [-0.05, 0) is 11.0 Å². The van der Waals surface area contributed by atoms with Gasteiger partial charge in [0.25, 0.3) is 0 Å². The van der Waals surface area contributed by atoms with Crippen LogP contribution in [0.1, 0.15) is 5.56 Å². The number of benzene rings is 1. The lowest BCUT2D eigenvalue weighted by atomic mass is 9.77. The summed E-state index contributed by atoms with van der Waals surface area (Å²) in [5, 5.41) is 18.4. The van der Waals surface area contributed by atoms with Gasteiger partial charge in [0.2, 0.25) is 0 Å². The molecule has 0 spiro atoms. The van der Waals surface area contributed by atoms with E-state index in [9.17, 15) is 0 Å². The maximum atomic E-state index is 8.87. The second-order valence-corrected chi connectivity index (χ2v) is 2.77. The molecule has 0 heterocycles. The van der Waals surface area contributed by atoms with E-state index in [0.717, 1.165) is 5.56 Å². The maximum Gasteiger partial charge on any atom is 0.488 e. The van der Waals surface area contributed by atoms with Gasteiger partial charge in [0.1, 0.15) is 0 Å². The van der Waals surface area contributed by atoms with Gasteiger partial charge in [-0.3, -0.25) is 0 Å². The van der Waals surface area contributed by atoms with Gasteiger partial charge >= 0.3 is 7.12 Å². The molecule has 0 aliphatic rings. The first-order valence-electron chi connectivity index (χ1n) is 3.25. The van der Waals surface area contributed by atoms with Gasteiger partial charge in [0.15, 0.2) is 0 Å². The normalized spacial score (nSPS) is 9.73. The van der Waals surface area contributed by atoms with Crippen LogP contribution in [0.15, 0.2) is 24.3 Å². The zero-order valence-electron chi connectivity index (χ0n) is 5.87. The van der Waals surface area contributed by atoms with Crippen LogP contribution < -0.4 is 5.46 Å². The topological polar surface area (TPSA) is 40.5 Å². The smallest absolute Gasteiger partial charge is 0.423 e. The van der Waals surface area contributed by atoms with E-state index in [2.05, 4.69) is 15.9 Å². The van der Waals surface area contributed by atoms with E-state index in [1.165, 1.54) is 0 Å². The minimum absolute atomic E-state index is 0.560. The summed E-state index contributed by atoms with van der Waals surface area (Å²) in [4.78, 5) is 0. The lowest BCUT2D eigenvalue weighted by Gasteiger charge is -2.03. The van der Waals surface area contributed by atoms with Gasteiger partial charge in [0.05, 0.1) is 0 Å². The summed E-state index contributed by atoms with van der Waals surface area (Å²) in [6.45, 7) is 0. The van der Waals surface area contributed by atoms with Gasteiger partial charge < -0.3 is 10.0 Å². The van der Waals surface area contributed by atoms with Crippen molar-refractivity contribution < 1.29 is 10.0 Å². The summed E-state index contributed by atoms with van der Waals surface area (Å²) in [6, 6.07) is 7.19. The molecule has 0 amide bonds. The first kappa shape index (κ1) is 8.78. The van der Waals surface area contributed by atoms with E-state index in [4.69, 9.17) is 10.0 Å². The second-order valence-electron chi connectivity index (χ2n) is 2.21. The Hall–Kier alpha value is -0.315. The Kier molecular flexibility index (Phi) is 3.11. The third kappa shape index (κ3) is 2.05. The molecule has 0 radical (unpaired) electrons. The standard InChI is InChI=1S/C7H8BBrO2/c9-5-6-3-1-2-4-7(6)8(10)11/h1-4,10-11H,5H2. The van der Waals surface area contributed by atoms with E-state index in [1.807, 2.05) is 12.1 Å². The monoisotopic (exact) mass is 214 g/mol. The van der Waals surface area contributed by atoms with Gasteiger partial charge in [-0.1, -0.05) is 40.2 Å². The van der Waals surface area contributed by atoms with Crippen LogP contribution in [0.5, 0.6) is 0 Å². The van der Waals surface area contributed by atoms with Crippen molar-refractivity contribution in [1.29, 1.82) is 0 Å². The van der Waals surface area contributed by atoms with Crippen LogP contribution in [0, 0.1) is 0 Å². The molecule has 0 saturated heterocycles. The summed E-state index contributed by atoms with van der Waals surface area (Å²) in [5.74, 6) is 0. The lowest BCUT2D eigenvalue weighted by Crippen LogP contribution is -2.32. The molecule has 0 unspecified atom stereocenters. The van der Waals surface area contributed by atoms with Crippen LogP contribution >= 0.6 is 15.9 Å². The molecule has 0 fully saturated rings. The fraction of sp³-hybridized carbons (Fsp3) is 0.143. The molecule has 0 saturated carbocycles. The molecular formula is C7H8BBrO2. The zero-order valence-corrected chi connectivity index (χ0v) is 7.45. The van der Waals surface area contributed by atoms with Crippen molar-refractivity contribution in [3.8, 4) is 0 Å². The van der Waals surface area contributed by atoms with Gasteiger partial charge in [-0.15, -0.1) is 0 Å². The molecule has 2 nitrogen and oxygen atoms in total. The van der Waals surface area contributed by atoms with Gasteiger partial charge in [-0.2, -0.15) is 0 Å². The summed E-state index contributed by atoms with van der Waals surface area (Å²) in [6.07, 6.45) is 0. The van der Waals surface area contributed by atoms with Gasteiger partial charge in [-0.25, -0.2) is 0 Å². The first-order chi connectivity index (χ1) is 5.25. The minimum Gasteiger partial charge on any atom is -0.423 e. The summed E-state index contributed by atoms with van der Waals surface area (Å²) in [5.41, 5.74) is 1.46. The Morgan fingerprint density at radius 1 is 1.27 bits per heavy atom. The molecule has 0 atom stereocenters. The number of hydrogen-bond donors (Lipinski definition) is 2. The van der Waals surface area contributed by atoms with E-state index in [-0.39, 0.29) is 0 Å². The number of rotatable bonds is 2. The van der Waals surface area contributed by atoms with Gasteiger partial charge in [0, 0.05) is 5.33 Å². The Morgan fingerprint density at radius 2 is 1.91 bits per heavy atom. The van der Waals surface area contributed by atoms with Crippen LogP contribution in [0.25, 0.3) is 0 Å². The molecule has 1 aromatic carbocycles. The zero-order chi connectivity index (χ0) is 8.27. The van der Waals surface area contributed by atoms with Crippen molar-refractivity contribution in [2.75, 3.05) is 0 Å². The molecule has 1 aromatic rings. The van der Waals surface area contributed by atoms with Crippen molar-refractivity contribution in [1.82, 2.24) is 0 Å². The summed E-state index contributed by atoms with van der Waals surface area (Å²) in [7, 11) is -1.37. The van der Waals surface area contributed by atoms with Crippen LogP contribution in [0.4, 0.5) is 0 Å². The van der Waals surface area contributed by atoms with Crippen molar-refractivity contribution in [2.45, 2.75) is 5.33 Å². The average molecular weight is 215 g/mol. The van der Waals surface area contributed by atoms with Crippen LogP contribution in [0.2, 0.25) is 0 Å². The predicted molar refractivity (Wildman–Crippen MR) is 48.9 cm³/mol. The van der Waals surface area contributed by atoms with E-state index in [1.54, 1.807) is 12.1 Å². The van der Waals surface area contributed by atoms with Crippen LogP contribution in [-0.2, 0) is 5.33 Å². The molecule has 4 heteroatoms. The molecule has 0 aromatic heterocycles. The lowest BCUT2D eigenvalue weighted by molar-refractivity contribution is 0.425. The second kappa shape index (κ2) is 3.90.